The summed E-state index contributed by atoms with van der Waals surface area (Å²) < 4.78 is 5.37. The maximum absolute atomic E-state index is 11.9. The number of amides is 1. The Morgan fingerprint density at radius 2 is 2.32 bits per heavy atom. The Bertz CT molecular complexity index is 537. The van der Waals surface area contributed by atoms with Crippen molar-refractivity contribution in [3.8, 4) is 0 Å². The minimum Gasteiger partial charge on any atom is -0.469 e. The molecule has 1 aliphatic rings. The third-order valence-electron chi connectivity index (χ3n) is 3.99. The first-order chi connectivity index (χ1) is 11.6. The fraction of sp³-hybridized carbons (Fsp3) is 0.647. The molecule has 1 saturated heterocycles. The molecular formula is C17H29IN4O2S. The average Bonchev–Trinajstić information content (AvgIpc) is 3.10. The van der Waals surface area contributed by atoms with E-state index in [0.717, 1.165) is 49.9 Å². The topological polar surface area (TPSA) is 61.1 Å². The van der Waals surface area contributed by atoms with Crippen LogP contribution in [0.2, 0.25) is 0 Å². The molecule has 0 bridgehead atoms. The highest BCUT2D eigenvalue weighted by Crippen LogP contribution is 2.21. The van der Waals surface area contributed by atoms with E-state index in [2.05, 4.69) is 22.1 Å². The monoisotopic (exact) mass is 480 g/mol. The van der Waals surface area contributed by atoms with E-state index in [0.29, 0.717) is 5.25 Å². The first-order valence-corrected chi connectivity index (χ1v) is 9.52. The molecule has 6 nitrogen and oxygen atoms in total. The van der Waals surface area contributed by atoms with E-state index in [-0.39, 0.29) is 36.4 Å². The van der Waals surface area contributed by atoms with Crippen molar-refractivity contribution in [2.45, 2.75) is 25.0 Å². The fourth-order valence-electron chi connectivity index (χ4n) is 2.46. The molecule has 8 heteroatoms. The molecule has 1 aromatic heterocycles. The summed E-state index contributed by atoms with van der Waals surface area (Å²) >= 11 is 2.02. The molecule has 0 saturated carbocycles. The number of carbonyl (C=O) groups excluding carboxylic acids is 1. The number of likely N-dealkylation sites (N-methyl/N-ethyl adjacent to an activating group) is 1. The summed E-state index contributed by atoms with van der Waals surface area (Å²) in [5.74, 6) is 2.89. The van der Waals surface area contributed by atoms with E-state index in [4.69, 9.17) is 4.42 Å². The van der Waals surface area contributed by atoms with E-state index >= 15 is 0 Å². The second-order valence-electron chi connectivity index (χ2n) is 6.03. The van der Waals surface area contributed by atoms with Crippen LogP contribution in [0.4, 0.5) is 0 Å². The van der Waals surface area contributed by atoms with Crippen LogP contribution in [0.25, 0.3) is 0 Å². The van der Waals surface area contributed by atoms with Crippen LogP contribution in [0.5, 0.6) is 0 Å². The normalized spacial score (nSPS) is 17.8. The number of furan rings is 1. The number of nitrogens with one attached hydrogen (secondary N) is 1. The van der Waals surface area contributed by atoms with Crippen LogP contribution >= 0.6 is 35.7 Å². The number of rotatable bonds is 6. The highest BCUT2D eigenvalue weighted by atomic mass is 127. The van der Waals surface area contributed by atoms with Crippen LogP contribution in [-0.2, 0) is 11.2 Å². The molecule has 0 aromatic carbocycles. The molecule has 2 heterocycles. The van der Waals surface area contributed by atoms with Gasteiger partial charge in [-0.3, -0.25) is 4.79 Å². The molecule has 0 radical (unpaired) electrons. The van der Waals surface area contributed by atoms with Gasteiger partial charge in [0.2, 0.25) is 5.91 Å². The molecule has 2 rings (SSSR count). The Labute approximate surface area is 171 Å². The molecule has 25 heavy (non-hydrogen) atoms. The van der Waals surface area contributed by atoms with E-state index in [9.17, 15) is 4.79 Å². The van der Waals surface area contributed by atoms with Crippen molar-refractivity contribution < 1.29 is 9.21 Å². The van der Waals surface area contributed by atoms with Crippen molar-refractivity contribution in [2.24, 2.45) is 4.99 Å². The number of nitrogens with zero attached hydrogens (tertiary/aromatic N) is 3. The van der Waals surface area contributed by atoms with Gasteiger partial charge in [-0.1, -0.05) is 6.92 Å². The minimum atomic E-state index is 0. The maximum atomic E-state index is 11.9. The van der Waals surface area contributed by atoms with Gasteiger partial charge < -0.3 is 19.5 Å². The molecule has 1 fully saturated rings. The Kier molecular flexibility index (Phi) is 10.3. The fourth-order valence-corrected chi connectivity index (χ4v) is 3.64. The van der Waals surface area contributed by atoms with Crippen LogP contribution in [0.15, 0.2) is 27.8 Å². The highest BCUT2D eigenvalue weighted by Gasteiger charge is 2.22. The summed E-state index contributed by atoms with van der Waals surface area (Å²) in [6, 6.07) is 3.87. The van der Waals surface area contributed by atoms with Gasteiger partial charge in [0.05, 0.1) is 6.26 Å². The minimum absolute atomic E-state index is 0. The first-order valence-electron chi connectivity index (χ1n) is 8.47. The van der Waals surface area contributed by atoms with E-state index in [1.54, 1.807) is 25.3 Å². The van der Waals surface area contributed by atoms with Crippen molar-refractivity contribution in [1.29, 1.82) is 0 Å². The average molecular weight is 480 g/mol. The van der Waals surface area contributed by atoms with Gasteiger partial charge in [-0.15, -0.1) is 24.0 Å². The van der Waals surface area contributed by atoms with Gasteiger partial charge in [-0.25, -0.2) is 4.99 Å². The summed E-state index contributed by atoms with van der Waals surface area (Å²) in [7, 11) is 3.51. The van der Waals surface area contributed by atoms with Crippen molar-refractivity contribution in [3.05, 3.63) is 24.2 Å². The largest absolute Gasteiger partial charge is 0.469 e. The Morgan fingerprint density at radius 3 is 2.96 bits per heavy atom. The van der Waals surface area contributed by atoms with Crippen LogP contribution in [0, 0.1) is 0 Å². The third kappa shape index (κ3) is 7.47. The standard InChI is InChI=1S/C17H28N4O2S.HI/c1-4-15-13-21(9-11-24-15)17(19-12-16(22)20(2)3)18-8-7-14-6-5-10-23-14;/h5-6,10,15H,4,7-9,11-13H2,1-3H3,(H,18,19);1H. The molecule has 0 aliphatic carbocycles. The predicted octanol–water partition coefficient (Wildman–Crippen LogP) is 2.30. The quantitative estimate of drug-likeness (QED) is 0.385. The SMILES string of the molecule is CCC1CN(C(=NCC(=O)N(C)C)NCCc2ccco2)CCS1.I. The molecule has 0 spiro atoms. The molecule has 1 amide bonds. The van der Waals surface area contributed by atoms with Crippen molar-refractivity contribution in [1.82, 2.24) is 15.1 Å². The van der Waals surface area contributed by atoms with Crippen LogP contribution in [0.1, 0.15) is 19.1 Å². The number of hydrogen-bond acceptors (Lipinski definition) is 4. The summed E-state index contributed by atoms with van der Waals surface area (Å²) in [6.07, 6.45) is 3.64. The summed E-state index contributed by atoms with van der Waals surface area (Å²) in [5, 5.41) is 4.03. The number of carbonyl (C=O) groups is 1. The molecule has 1 aromatic rings. The van der Waals surface area contributed by atoms with Crippen LogP contribution < -0.4 is 5.32 Å². The van der Waals surface area contributed by atoms with Gasteiger partial charge >= 0.3 is 0 Å². The van der Waals surface area contributed by atoms with Crippen molar-refractivity contribution in [3.63, 3.8) is 0 Å². The zero-order chi connectivity index (χ0) is 17.4. The van der Waals surface area contributed by atoms with E-state index in [1.807, 2.05) is 23.9 Å². The zero-order valence-corrected chi connectivity index (χ0v) is 18.4. The number of thioether (sulfide) groups is 1. The number of aliphatic imine (C=N–C) groups is 1. The van der Waals surface area contributed by atoms with Gasteiger partial charge in [-0.05, 0) is 18.6 Å². The molecule has 142 valence electrons. The Morgan fingerprint density at radius 1 is 1.52 bits per heavy atom. The second-order valence-corrected chi connectivity index (χ2v) is 7.44. The molecular weight excluding hydrogens is 451 g/mol. The highest BCUT2D eigenvalue weighted by molar-refractivity contribution is 14.0. The van der Waals surface area contributed by atoms with Crippen molar-refractivity contribution >= 4 is 47.6 Å². The number of guanidine groups is 1. The van der Waals surface area contributed by atoms with Gasteiger partial charge in [0.25, 0.3) is 0 Å². The Hall–Kier alpha value is -0.900. The van der Waals surface area contributed by atoms with Gasteiger partial charge in [0, 0.05) is 51.2 Å². The smallest absolute Gasteiger partial charge is 0.243 e. The lowest BCUT2D eigenvalue weighted by molar-refractivity contribution is -0.127. The molecule has 1 aliphatic heterocycles. The molecule has 1 atom stereocenters. The lowest BCUT2D eigenvalue weighted by Crippen LogP contribution is -2.48. The lowest BCUT2D eigenvalue weighted by atomic mass is 10.3. The van der Waals surface area contributed by atoms with Crippen LogP contribution in [0.3, 0.4) is 0 Å². The van der Waals surface area contributed by atoms with Gasteiger partial charge in [0.1, 0.15) is 12.3 Å². The number of hydrogen-bond donors (Lipinski definition) is 1. The summed E-state index contributed by atoms with van der Waals surface area (Å²) in [6.45, 7) is 5.07. The van der Waals surface area contributed by atoms with E-state index < -0.39 is 0 Å². The predicted molar refractivity (Wildman–Crippen MR) is 115 cm³/mol. The maximum Gasteiger partial charge on any atom is 0.243 e. The van der Waals surface area contributed by atoms with Crippen LogP contribution in [-0.4, -0.2) is 72.9 Å². The Balaban J connectivity index is 0.00000312. The number of halogens is 1. The third-order valence-corrected chi connectivity index (χ3v) is 5.36. The second kappa shape index (κ2) is 11.7. The zero-order valence-electron chi connectivity index (χ0n) is 15.2. The molecule has 1 N–H and O–H groups in total. The summed E-state index contributed by atoms with van der Waals surface area (Å²) in [5.41, 5.74) is 0. The lowest BCUT2D eigenvalue weighted by Gasteiger charge is -2.34. The molecule has 1 unspecified atom stereocenters. The first kappa shape index (κ1) is 22.1. The van der Waals surface area contributed by atoms with Crippen molar-refractivity contribution in [2.75, 3.05) is 46.0 Å². The van der Waals surface area contributed by atoms with E-state index in [1.165, 1.54) is 0 Å². The van der Waals surface area contributed by atoms with Gasteiger partial charge in [0.15, 0.2) is 5.96 Å². The summed E-state index contributed by atoms with van der Waals surface area (Å²) in [4.78, 5) is 20.3. The van der Waals surface area contributed by atoms with Gasteiger partial charge in [-0.2, -0.15) is 11.8 Å².